The Balaban J connectivity index is 2.92. The van der Waals surface area contributed by atoms with Crippen molar-refractivity contribution < 1.29 is 23.8 Å². The molecule has 0 radical (unpaired) electrons. The quantitative estimate of drug-likeness (QED) is 0.345. The fraction of sp³-hybridized carbons (Fsp3) is 1.00. The molecule has 1 fully saturated rings. The van der Waals surface area contributed by atoms with Gasteiger partial charge in [-0.1, -0.05) is 83.1 Å². The molecule has 2 N–H and O–H groups in total. The molecule has 186 valence electrons. The third-order valence-corrected chi connectivity index (χ3v) is 20.0. The number of hydrogen-bond acceptors (Lipinski definition) is 5. The Labute approximate surface area is 194 Å². The fourth-order valence-electron chi connectivity index (χ4n) is 6.55. The van der Waals surface area contributed by atoms with Crippen LogP contribution in [0.5, 0.6) is 0 Å². The first kappa shape index (κ1) is 29.3. The number of ether oxygens (including phenoxy) is 1. The Morgan fingerprint density at radius 1 is 0.548 bits per heavy atom. The van der Waals surface area contributed by atoms with E-state index in [9.17, 15) is 10.2 Å². The van der Waals surface area contributed by atoms with Gasteiger partial charge in [-0.05, 0) is 33.2 Å². The maximum Gasteiger partial charge on any atom is 0.200 e. The van der Waals surface area contributed by atoms with E-state index >= 15 is 0 Å². The predicted molar refractivity (Wildman–Crippen MR) is 135 cm³/mol. The van der Waals surface area contributed by atoms with Gasteiger partial charge in [-0.15, -0.1) is 0 Å². The van der Waals surface area contributed by atoms with E-state index in [1.807, 2.05) is 0 Å². The van der Waals surface area contributed by atoms with Gasteiger partial charge < -0.3 is 23.8 Å². The molecule has 0 aromatic heterocycles. The van der Waals surface area contributed by atoms with Crippen LogP contribution in [0.3, 0.4) is 0 Å². The molecule has 0 aliphatic carbocycles. The molecule has 1 heterocycles. The van der Waals surface area contributed by atoms with Gasteiger partial charge in [-0.25, -0.2) is 0 Å². The number of hydrogen-bond donors (Lipinski definition) is 2. The van der Waals surface area contributed by atoms with Crippen LogP contribution in [-0.4, -0.2) is 64.5 Å². The van der Waals surface area contributed by atoms with Crippen LogP contribution >= 0.6 is 0 Å². The first-order valence-corrected chi connectivity index (χ1v) is 16.7. The lowest BCUT2D eigenvalue weighted by Gasteiger charge is -2.43. The summed E-state index contributed by atoms with van der Waals surface area (Å²) in [5.41, 5.74) is 2.78. The van der Waals surface area contributed by atoms with E-state index in [1.54, 1.807) is 0 Å². The van der Waals surface area contributed by atoms with Crippen LogP contribution in [0.15, 0.2) is 0 Å². The lowest BCUT2D eigenvalue weighted by molar-refractivity contribution is -0.0362. The zero-order valence-electron chi connectivity index (χ0n) is 22.3. The molecule has 0 amide bonds. The van der Waals surface area contributed by atoms with Crippen LogP contribution in [0, 0.1) is 0 Å². The summed E-state index contributed by atoms with van der Waals surface area (Å²) in [5, 5.41) is 21.4. The zero-order chi connectivity index (χ0) is 24.3. The SMILES string of the molecule is CC(C)[Si](OC[C@H]1O[C@H](CO[Si](C(C)C)(C(C)C)C(C)C)[C@@H](O)[C@@H]1O)(C(C)C)C(C)C. The van der Waals surface area contributed by atoms with Gasteiger partial charge in [0.05, 0.1) is 13.2 Å². The van der Waals surface area contributed by atoms with Crippen LogP contribution in [0.2, 0.25) is 33.2 Å². The summed E-state index contributed by atoms with van der Waals surface area (Å²) in [6, 6.07) is 0. The molecule has 0 aromatic carbocycles. The van der Waals surface area contributed by atoms with Crippen LogP contribution < -0.4 is 0 Å². The van der Waals surface area contributed by atoms with Gasteiger partial charge in [0.25, 0.3) is 0 Å². The molecule has 1 aliphatic heterocycles. The van der Waals surface area contributed by atoms with E-state index in [2.05, 4.69) is 83.1 Å². The summed E-state index contributed by atoms with van der Waals surface area (Å²) >= 11 is 0. The van der Waals surface area contributed by atoms with Crippen molar-refractivity contribution in [1.82, 2.24) is 0 Å². The van der Waals surface area contributed by atoms with E-state index in [0.717, 1.165) is 0 Å². The third kappa shape index (κ3) is 5.84. The van der Waals surface area contributed by atoms with Gasteiger partial charge in [0.15, 0.2) is 16.6 Å². The molecule has 4 atom stereocenters. The summed E-state index contributed by atoms with van der Waals surface area (Å²) in [4.78, 5) is 0. The van der Waals surface area contributed by atoms with E-state index in [4.69, 9.17) is 13.6 Å². The maximum atomic E-state index is 10.7. The second-order valence-corrected chi connectivity index (χ2v) is 22.4. The zero-order valence-corrected chi connectivity index (χ0v) is 24.3. The van der Waals surface area contributed by atoms with Crippen molar-refractivity contribution >= 4 is 16.6 Å². The highest BCUT2D eigenvalue weighted by Crippen LogP contribution is 2.44. The second-order valence-electron chi connectivity index (χ2n) is 11.5. The molecule has 1 aliphatic rings. The molecule has 0 bridgehead atoms. The normalized spacial score (nSPS) is 25.9. The van der Waals surface area contributed by atoms with Crippen molar-refractivity contribution in [2.75, 3.05) is 13.2 Å². The maximum absolute atomic E-state index is 10.7. The predicted octanol–water partition coefficient (Wildman–Crippen LogP) is 5.86. The summed E-state index contributed by atoms with van der Waals surface area (Å²) in [6.45, 7) is 27.6. The molecule has 7 heteroatoms. The Kier molecular flexibility index (Phi) is 10.9. The van der Waals surface area contributed by atoms with Crippen molar-refractivity contribution in [2.45, 2.75) is 141 Å². The van der Waals surface area contributed by atoms with E-state index < -0.39 is 41.1 Å². The van der Waals surface area contributed by atoms with Crippen LogP contribution in [0.4, 0.5) is 0 Å². The number of aliphatic hydroxyl groups excluding tert-OH is 2. The van der Waals surface area contributed by atoms with Gasteiger partial charge in [0, 0.05) is 0 Å². The molecule has 31 heavy (non-hydrogen) atoms. The largest absolute Gasteiger partial charge is 0.413 e. The Morgan fingerprint density at radius 2 is 0.774 bits per heavy atom. The monoisotopic (exact) mass is 476 g/mol. The second kappa shape index (κ2) is 11.6. The number of aliphatic hydroxyl groups is 2. The van der Waals surface area contributed by atoms with Crippen molar-refractivity contribution in [1.29, 1.82) is 0 Å². The first-order valence-electron chi connectivity index (χ1n) is 12.5. The highest BCUT2D eigenvalue weighted by Gasteiger charge is 2.50. The van der Waals surface area contributed by atoms with Crippen LogP contribution in [0.25, 0.3) is 0 Å². The molecule has 0 aromatic rings. The molecular weight excluding hydrogens is 424 g/mol. The standard InChI is InChI=1S/C24H52O5Si2/c1-15(2)30(16(3)4,17(5)6)27-13-21-23(25)24(26)22(29-21)14-28-31(18(7)8,19(9)10)20(11)12/h15-26H,13-14H2,1-12H3/t21-,22-,23-,24-/m1/s1. The minimum Gasteiger partial charge on any atom is -0.413 e. The summed E-state index contributed by atoms with van der Waals surface area (Å²) in [5.74, 6) is 0. The molecule has 1 rings (SSSR count). The van der Waals surface area contributed by atoms with Crippen molar-refractivity contribution in [3.8, 4) is 0 Å². The molecule has 1 saturated heterocycles. The van der Waals surface area contributed by atoms with E-state index in [-0.39, 0.29) is 0 Å². The summed E-state index contributed by atoms with van der Waals surface area (Å²) in [6.07, 6.45) is -2.92. The van der Waals surface area contributed by atoms with Gasteiger partial charge in [-0.3, -0.25) is 0 Å². The van der Waals surface area contributed by atoms with Crippen LogP contribution in [-0.2, 0) is 13.6 Å². The first-order chi connectivity index (χ1) is 14.2. The van der Waals surface area contributed by atoms with Crippen molar-refractivity contribution in [3.05, 3.63) is 0 Å². The highest BCUT2D eigenvalue weighted by molar-refractivity contribution is 6.78. The van der Waals surface area contributed by atoms with Crippen molar-refractivity contribution in [3.63, 3.8) is 0 Å². The Hall–Kier alpha value is 0.234. The average Bonchev–Trinajstić information content (AvgIpc) is 2.89. The molecular formula is C24H52O5Si2. The van der Waals surface area contributed by atoms with Gasteiger partial charge >= 0.3 is 0 Å². The summed E-state index contributed by atoms with van der Waals surface area (Å²) in [7, 11) is -4.12. The molecule has 0 unspecified atom stereocenters. The lowest BCUT2D eigenvalue weighted by Crippen LogP contribution is -2.50. The topological polar surface area (TPSA) is 68.2 Å². The smallest absolute Gasteiger partial charge is 0.200 e. The minimum absolute atomic E-state index is 0.330. The summed E-state index contributed by atoms with van der Waals surface area (Å²) < 4.78 is 19.4. The van der Waals surface area contributed by atoms with Crippen molar-refractivity contribution in [2.24, 2.45) is 0 Å². The van der Waals surface area contributed by atoms with Crippen LogP contribution in [0.1, 0.15) is 83.1 Å². The fourth-order valence-corrected chi connectivity index (χ4v) is 17.5. The van der Waals surface area contributed by atoms with E-state index in [1.165, 1.54) is 0 Å². The van der Waals surface area contributed by atoms with Gasteiger partial charge in [-0.2, -0.15) is 0 Å². The average molecular weight is 477 g/mol. The van der Waals surface area contributed by atoms with E-state index in [0.29, 0.717) is 46.5 Å². The Morgan fingerprint density at radius 3 is 0.968 bits per heavy atom. The van der Waals surface area contributed by atoms with Gasteiger partial charge in [0.2, 0.25) is 0 Å². The minimum atomic E-state index is -2.06. The van der Waals surface area contributed by atoms with Gasteiger partial charge in [0.1, 0.15) is 24.4 Å². The highest BCUT2D eigenvalue weighted by atomic mass is 28.4. The number of rotatable bonds is 12. The lowest BCUT2D eigenvalue weighted by atomic mass is 10.1. The molecule has 0 spiro atoms. The molecule has 0 saturated carbocycles. The third-order valence-electron chi connectivity index (χ3n) is 7.87. The molecule has 5 nitrogen and oxygen atoms in total. The Bertz CT molecular complexity index is 447.